The molecule has 0 saturated heterocycles. The first-order valence-electron chi connectivity index (χ1n) is 7.87. The zero-order valence-corrected chi connectivity index (χ0v) is 14.5. The first-order valence-corrected chi connectivity index (χ1v) is 8.75. The van der Waals surface area contributed by atoms with Gasteiger partial charge in [0.1, 0.15) is 28.9 Å². The molecule has 25 heavy (non-hydrogen) atoms. The summed E-state index contributed by atoms with van der Waals surface area (Å²) < 4.78 is 20.0. The Morgan fingerprint density at radius 3 is 2.76 bits per heavy atom. The van der Waals surface area contributed by atoms with Crippen LogP contribution in [0.4, 0.5) is 4.39 Å². The van der Waals surface area contributed by atoms with E-state index in [2.05, 4.69) is 10.3 Å². The summed E-state index contributed by atoms with van der Waals surface area (Å²) in [6.07, 6.45) is 0. The van der Waals surface area contributed by atoms with Gasteiger partial charge in [0.2, 0.25) is 0 Å². The van der Waals surface area contributed by atoms with Crippen LogP contribution in [-0.4, -0.2) is 17.4 Å². The Hall–Kier alpha value is -2.73. The highest BCUT2D eigenvalue weighted by atomic mass is 32.1. The molecule has 0 atom stereocenters. The Morgan fingerprint density at radius 2 is 2.04 bits per heavy atom. The number of halogens is 1. The van der Waals surface area contributed by atoms with Crippen molar-refractivity contribution < 1.29 is 13.9 Å². The van der Waals surface area contributed by atoms with Crippen molar-refractivity contribution in [3.63, 3.8) is 0 Å². The summed E-state index contributed by atoms with van der Waals surface area (Å²) in [5.74, 6) is -0.235. The standard InChI is InChI=1S/C19H17FN2O2S/c1-2-21-18(23)17-12-25-19(22-17)15-9-8-14(10-16(15)20)24-11-13-6-4-3-5-7-13/h3-10,12H,2,11H2,1H3,(H,21,23). The maximum atomic E-state index is 14.4. The average Bonchev–Trinajstić information content (AvgIpc) is 3.11. The number of thiazole rings is 1. The SMILES string of the molecule is CCNC(=O)c1csc(-c2ccc(OCc3ccccc3)cc2F)n1. The molecule has 0 fully saturated rings. The minimum Gasteiger partial charge on any atom is -0.489 e. The third kappa shape index (κ3) is 4.22. The molecule has 0 aliphatic carbocycles. The summed E-state index contributed by atoms with van der Waals surface area (Å²) in [6, 6.07) is 14.3. The number of benzene rings is 2. The van der Waals surface area contributed by atoms with E-state index < -0.39 is 5.82 Å². The monoisotopic (exact) mass is 356 g/mol. The molecule has 6 heteroatoms. The lowest BCUT2D eigenvalue weighted by Gasteiger charge is -2.07. The molecule has 0 bridgehead atoms. The number of aromatic nitrogens is 1. The second-order valence-corrected chi connectivity index (χ2v) is 6.17. The molecule has 3 rings (SSSR count). The number of ether oxygens (including phenoxy) is 1. The maximum absolute atomic E-state index is 14.4. The molecule has 128 valence electrons. The van der Waals surface area contributed by atoms with Crippen LogP contribution in [0.2, 0.25) is 0 Å². The molecule has 0 unspecified atom stereocenters. The number of hydrogen-bond donors (Lipinski definition) is 1. The average molecular weight is 356 g/mol. The van der Waals surface area contributed by atoms with E-state index in [1.807, 2.05) is 37.3 Å². The summed E-state index contributed by atoms with van der Waals surface area (Å²) in [5, 5.41) is 4.76. The zero-order valence-electron chi connectivity index (χ0n) is 13.7. The number of carbonyl (C=O) groups is 1. The zero-order chi connectivity index (χ0) is 17.6. The fourth-order valence-electron chi connectivity index (χ4n) is 2.25. The first kappa shape index (κ1) is 17.1. The minimum absolute atomic E-state index is 0.256. The minimum atomic E-state index is -0.428. The number of rotatable bonds is 6. The van der Waals surface area contributed by atoms with Crippen molar-refractivity contribution in [3.8, 4) is 16.3 Å². The molecule has 0 radical (unpaired) electrons. The van der Waals surface area contributed by atoms with Crippen LogP contribution in [0, 0.1) is 5.82 Å². The number of hydrogen-bond acceptors (Lipinski definition) is 4. The molecule has 2 aromatic carbocycles. The van der Waals surface area contributed by atoms with Crippen LogP contribution in [0.5, 0.6) is 5.75 Å². The van der Waals surface area contributed by atoms with E-state index in [4.69, 9.17) is 4.74 Å². The van der Waals surface area contributed by atoms with Crippen molar-refractivity contribution >= 4 is 17.2 Å². The van der Waals surface area contributed by atoms with E-state index in [9.17, 15) is 9.18 Å². The predicted octanol–water partition coefficient (Wildman–Crippen LogP) is 4.28. The van der Waals surface area contributed by atoms with Gasteiger partial charge in [-0.1, -0.05) is 30.3 Å². The lowest BCUT2D eigenvalue weighted by Crippen LogP contribution is -2.22. The second-order valence-electron chi connectivity index (χ2n) is 5.31. The van der Waals surface area contributed by atoms with Gasteiger partial charge in [-0.3, -0.25) is 4.79 Å². The number of amides is 1. The lowest BCUT2D eigenvalue weighted by atomic mass is 10.2. The molecule has 0 aliphatic heterocycles. The van der Waals surface area contributed by atoms with Gasteiger partial charge in [0.15, 0.2) is 0 Å². The fraction of sp³-hybridized carbons (Fsp3) is 0.158. The van der Waals surface area contributed by atoms with E-state index in [1.54, 1.807) is 17.5 Å². The summed E-state index contributed by atoms with van der Waals surface area (Å²) in [4.78, 5) is 16.0. The molecule has 1 N–H and O–H groups in total. The van der Waals surface area contributed by atoms with Crippen LogP contribution in [0.25, 0.3) is 10.6 Å². The van der Waals surface area contributed by atoms with Crippen LogP contribution in [-0.2, 0) is 6.61 Å². The predicted molar refractivity (Wildman–Crippen MR) is 96.3 cm³/mol. The molecule has 3 aromatic rings. The van der Waals surface area contributed by atoms with Gasteiger partial charge in [-0.25, -0.2) is 9.37 Å². The van der Waals surface area contributed by atoms with E-state index in [-0.39, 0.29) is 5.91 Å². The van der Waals surface area contributed by atoms with E-state index in [1.165, 1.54) is 17.4 Å². The summed E-state index contributed by atoms with van der Waals surface area (Å²) >= 11 is 1.23. The van der Waals surface area contributed by atoms with Crippen LogP contribution in [0.3, 0.4) is 0 Å². The maximum Gasteiger partial charge on any atom is 0.270 e. The molecule has 0 spiro atoms. The molecule has 4 nitrogen and oxygen atoms in total. The summed E-state index contributed by atoms with van der Waals surface area (Å²) in [7, 11) is 0. The summed E-state index contributed by atoms with van der Waals surface area (Å²) in [6.45, 7) is 2.73. The van der Waals surface area contributed by atoms with Crippen LogP contribution in [0.15, 0.2) is 53.9 Å². The smallest absolute Gasteiger partial charge is 0.270 e. The highest BCUT2D eigenvalue weighted by Gasteiger charge is 2.14. The Morgan fingerprint density at radius 1 is 1.24 bits per heavy atom. The molecular formula is C19H17FN2O2S. The number of nitrogens with one attached hydrogen (secondary N) is 1. The second kappa shape index (κ2) is 7.90. The number of nitrogens with zero attached hydrogens (tertiary/aromatic N) is 1. The Bertz CT molecular complexity index is 865. The van der Waals surface area contributed by atoms with Gasteiger partial charge in [0.25, 0.3) is 5.91 Å². The van der Waals surface area contributed by atoms with Gasteiger partial charge in [-0.05, 0) is 24.6 Å². The van der Waals surface area contributed by atoms with Gasteiger partial charge < -0.3 is 10.1 Å². The summed E-state index contributed by atoms with van der Waals surface area (Å²) in [5.41, 5.74) is 1.66. The van der Waals surface area contributed by atoms with Crippen molar-refractivity contribution in [3.05, 3.63) is 71.0 Å². The van der Waals surface area contributed by atoms with Crippen molar-refractivity contribution in [2.45, 2.75) is 13.5 Å². The fourth-order valence-corrected chi connectivity index (χ4v) is 3.08. The van der Waals surface area contributed by atoms with Gasteiger partial charge in [0.05, 0.1) is 0 Å². The molecule has 1 aromatic heterocycles. The van der Waals surface area contributed by atoms with Gasteiger partial charge in [-0.15, -0.1) is 11.3 Å². The van der Waals surface area contributed by atoms with Gasteiger partial charge >= 0.3 is 0 Å². The van der Waals surface area contributed by atoms with Crippen LogP contribution in [0.1, 0.15) is 23.0 Å². The van der Waals surface area contributed by atoms with E-state index >= 15 is 0 Å². The highest BCUT2D eigenvalue weighted by molar-refractivity contribution is 7.13. The van der Waals surface area contributed by atoms with Crippen molar-refractivity contribution in [2.75, 3.05) is 6.54 Å². The van der Waals surface area contributed by atoms with Gasteiger partial charge in [0, 0.05) is 23.6 Å². The lowest BCUT2D eigenvalue weighted by molar-refractivity contribution is 0.0951. The molecule has 0 aliphatic rings. The Kier molecular flexibility index (Phi) is 5.40. The van der Waals surface area contributed by atoms with Crippen LogP contribution >= 0.6 is 11.3 Å². The topological polar surface area (TPSA) is 51.2 Å². The van der Waals surface area contributed by atoms with Gasteiger partial charge in [-0.2, -0.15) is 0 Å². The van der Waals surface area contributed by atoms with Crippen molar-refractivity contribution in [1.29, 1.82) is 0 Å². The van der Waals surface area contributed by atoms with E-state index in [0.717, 1.165) is 5.56 Å². The normalized spacial score (nSPS) is 10.5. The molecule has 1 amide bonds. The Labute approximate surface area is 149 Å². The Balaban J connectivity index is 1.72. The first-order chi connectivity index (χ1) is 12.2. The largest absolute Gasteiger partial charge is 0.489 e. The number of carbonyl (C=O) groups excluding carboxylic acids is 1. The third-order valence-corrected chi connectivity index (χ3v) is 4.37. The molecule has 0 saturated carbocycles. The molecule has 1 heterocycles. The van der Waals surface area contributed by atoms with E-state index in [0.29, 0.717) is 35.2 Å². The molecular weight excluding hydrogens is 339 g/mol. The highest BCUT2D eigenvalue weighted by Crippen LogP contribution is 2.29. The van der Waals surface area contributed by atoms with Crippen molar-refractivity contribution in [1.82, 2.24) is 10.3 Å². The van der Waals surface area contributed by atoms with Crippen molar-refractivity contribution in [2.24, 2.45) is 0 Å². The quantitative estimate of drug-likeness (QED) is 0.717. The third-order valence-electron chi connectivity index (χ3n) is 3.49. The van der Waals surface area contributed by atoms with Crippen LogP contribution < -0.4 is 10.1 Å².